The fourth-order valence-electron chi connectivity index (χ4n) is 5.13. The summed E-state index contributed by atoms with van der Waals surface area (Å²) >= 11 is 0. The van der Waals surface area contributed by atoms with Crippen LogP contribution in [0, 0.1) is 5.41 Å². The Balaban J connectivity index is 0.00000144. The smallest absolute Gasteiger partial charge is 0.312 e. The summed E-state index contributed by atoms with van der Waals surface area (Å²) in [7, 11) is 0. The van der Waals surface area contributed by atoms with Crippen molar-refractivity contribution in [3.63, 3.8) is 0 Å². The van der Waals surface area contributed by atoms with Crippen LogP contribution in [0.3, 0.4) is 0 Å². The van der Waals surface area contributed by atoms with Crippen LogP contribution < -0.4 is 5.32 Å². The summed E-state index contributed by atoms with van der Waals surface area (Å²) in [6.07, 6.45) is 5.46. The molecule has 7 nitrogen and oxygen atoms in total. The number of hydrogen-bond acceptors (Lipinski definition) is 6. The second-order valence-electron chi connectivity index (χ2n) is 8.97. The normalized spacial score (nSPS) is 22.4. The summed E-state index contributed by atoms with van der Waals surface area (Å²) in [4.78, 5) is 19.7. The molecule has 0 amide bonds. The number of esters is 1. The number of aromatic nitrogens is 3. The van der Waals surface area contributed by atoms with E-state index in [2.05, 4.69) is 39.2 Å². The molecule has 3 aliphatic heterocycles. The van der Waals surface area contributed by atoms with Crippen LogP contribution in [-0.2, 0) is 35.3 Å². The van der Waals surface area contributed by atoms with E-state index in [9.17, 15) is 4.79 Å². The minimum absolute atomic E-state index is 0. The molecule has 2 fully saturated rings. The van der Waals surface area contributed by atoms with Gasteiger partial charge in [-0.15, -0.1) is 24.8 Å². The van der Waals surface area contributed by atoms with E-state index >= 15 is 0 Å². The van der Waals surface area contributed by atoms with E-state index in [4.69, 9.17) is 14.8 Å². The maximum atomic E-state index is 12.5. The van der Waals surface area contributed by atoms with E-state index in [-0.39, 0.29) is 42.3 Å². The van der Waals surface area contributed by atoms with Crippen molar-refractivity contribution in [1.82, 2.24) is 25.0 Å². The summed E-state index contributed by atoms with van der Waals surface area (Å²) in [6, 6.07) is 10.5. The van der Waals surface area contributed by atoms with Gasteiger partial charge in [0.05, 0.1) is 12.0 Å². The van der Waals surface area contributed by atoms with Gasteiger partial charge in [0.25, 0.3) is 0 Å². The number of cyclic esters (lactones) is 1. The molecule has 2 aromatic rings. The van der Waals surface area contributed by atoms with E-state index in [0.717, 1.165) is 89.4 Å². The lowest BCUT2D eigenvalue weighted by Gasteiger charge is -2.29. The summed E-state index contributed by atoms with van der Waals surface area (Å²) in [5.41, 5.74) is 1.09. The molecule has 4 heterocycles. The van der Waals surface area contributed by atoms with Crippen molar-refractivity contribution in [3.8, 4) is 0 Å². The Kier molecular flexibility index (Phi) is 8.55. The van der Waals surface area contributed by atoms with Crippen LogP contribution in [0.5, 0.6) is 0 Å². The molecule has 176 valence electrons. The zero-order chi connectivity index (χ0) is 20.4. The lowest BCUT2D eigenvalue weighted by atomic mass is 9.76. The number of nitrogens with one attached hydrogen (secondary N) is 1. The van der Waals surface area contributed by atoms with Crippen LogP contribution >= 0.6 is 24.8 Å². The number of ether oxygens (including phenoxy) is 1. The van der Waals surface area contributed by atoms with E-state index < -0.39 is 0 Å². The molecule has 2 saturated heterocycles. The summed E-state index contributed by atoms with van der Waals surface area (Å²) in [5, 5.41) is 8.11. The molecule has 5 rings (SSSR count). The maximum absolute atomic E-state index is 12.5. The lowest BCUT2D eigenvalue weighted by Crippen LogP contribution is -2.40. The molecular formula is C23H33Cl2N5O2. The maximum Gasteiger partial charge on any atom is 0.312 e. The molecule has 0 saturated carbocycles. The molecule has 1 unspecified atom stereocenters. The van der Waals surface area contributed by atoms with E-state index in [1.165, 1.54) is 5.56 Å². The molecule has 1 spiro atoms. The van der Waals surface area contributed by atoms with Crippen LogP contribution in [0.15, 0.2) is 30.3 Å². The number of piperidine rings is 1. The Morgan fingerprint density at radius 3 is 2.62 bits per heavy atom. The van der Waals surface area contributed by atoms with Gasteiger partial charge in [-0.25, -0.2) is 9.67 Å². The number of carbonyl (C=O) groups excluding carboxylic acids is 1. The summed E-state index contributed by atoms with van der Waals surface area (Å²) < 4.78 is 7.88. The minimum Gasteiger partial charge on any atom is -0.461 e. The second-order valence-corrected chi connectivity index (χ2v) is 8.97. The predicted octanol–water partition coefficient (Wildman–Crippen LogP) is 2.45. The number of halogens is 2. The first-order chi connectivity index (χ1) is 14.7. The second kappa shape index (κ2) is 11.0. The average Bonchev–Trinajstić information content (AvgIpc) is 3.23. The van der Waals surface area contributed by atoms with Crippen LogP contribution in [0.25, 0.3) is 0 Å². The average molecular weight is 482 g/mol. The van der Waals surface area contributed by atoms with Gasteiger partial charge in [-0.1, -0.05) is 30.3 Å². The first-order valence-corrected chi connectivity index (χ1v) is 11.3. The van der Waals surface area contributed by atoms with E-state index in [0.29, 0.717) is 0 Å². The molecule has 0 radical (unpaired) electrons. The van der Waals surface area contributed by atoms with Gasteiger partial charge in [0.15, 0.2) is 5.82 Å². The third kappa shape index (κ3) is 5.45. The number of benzene rings is 1. The monoisotopic (exact) mass is 481 g/mol. The lowest BCUT2D eigenvalue weighted by molar-refractivity contribution is -0.150. The molecule has 3 aliphatic rings. The summed E-state index contributed by atoms with van der Waals surface area (Å²) in [5.74, 6) is 2.06. The van der Waals surface area contributed by atoms with Gasteiger partial charge in [0, 0.05) is 38.9 Å². The molecule has 0 aliphatic carbocycles. The van der Waals surface area contributed by atoms with Gasteiger partial charge < -0.3 is 10.1 Å². The van der Waals surface area contributed by atoms with Gasteiger partial charge >= 0.3 is 5.97 Å². The Hall–Kier alpha value is -1.67. The van der Waals surface area contributed by atoms with Gasteiger partial charge in [0.2, 0.25) is 0 Å². The van der Waals surface area contributed by atoms with Crippen molar-refractivity contribution in [2.75, 3.05) is 32.7 Å². The predicted molar refractivity (Wildman–Crippen MR) is 128 cm³/mol. The number of aryl methyl sites for hydroxylation is 2. The van der Waals surface area contributed by atoms with Gasteiger partial charge in [0.1, 0.15) is 11.9 Å². The standard InChI is InChI=1S/C23H31N5O2.2ClH/c29-22-23(9-11-24-12-10-23)16-19(30-22)17-27-13-8-21-25-20(26-28(21)15-14-27)7-6-18-4-2-1-3-5-18;;/h1-5,19,24H,6-17H2;2*1H. The highest BCUT2D eigenvalue weighted by Crippen LogP contribution is 2.41. The number of hydrogen-bond donors (Lipinski definition) is 1. The highest BCUT2D eigenvalue weighted by atomic mass is 35.5. The fraction of sp³-hybridized carbons (Fsp3) is 0.609. The van der Waals surface area contributed by atoms with Gasteiger partial charge in [-0.3, -0.25) is 9.69 Å². The molecule has 9 heteroatoms. The van der Waals surface area contributed by atoms with Crippen LogP contribution in [0.2, 0.25) is 0 Å². The van der Waals surface area contributed by atoms with Crippen molar-refractivity contribution in [3.05, 3.63) is 47.5 Å². The Labute approximate surface area is 202 Å². The van der Waals surface area contributed by atoms with Crippen LogP contribution in [0.1, 0.15) is 36.5 Å². The largest absolute Gasteiger partial charge is 0.461 e. The highest BCUT2D eigenvalue weighted by Gasteiger charge is 2.49. The SMILES string of the molecule is Cl.Cl.O=C1OC(CN2CCc3nc(CCc4ccccc4)nn3CC2)CC12CCNCC2. The topological polar surface area (TPSA) is 72.3 Å². The van der Waals surface area contributed by atoms with Gasteiger partial charge in [-0.05, 0) is 37.9 Å². The van der Waals surface area contributed by atoms with Crippen LogP contribution in [-0.4, -0.2) is 64.5 Å². The van der Waals surface area contributed by atoms with Crippen molar-refractivity contribution in [1.29, 1.82) is 0 Å². The third-order valence-electron chi connectivity index (χ3n) is 6.90. The molecular weight excluding hydrogens is 449 g/mol. The van der Waals surface area contributed by atoms with Crippen molar-refractivity contribution in [2.45, 2.75) is 51.2 Å². The van der Waals surface area contributed by atoms with Crippen molar-refractivity contribution < 1.29 is 9.53 Å². The molecule has 1 aromatic carbocycles. The molecule has 32 heavy (non-hydrogen) atoms. The Morgan fingerprint density at radius 2 is 1.84 bits per heavy atom. The van der Waals surface area contributed by atoms with Crippen LogP contribution in [0.4, 0.5) is 0 Å². The van der Waals surface area contributed by atoms with E-state index in [1.54, 1.807) is 0 Å². The number of rotatable bonds is 5. The van der Waals surface area contributed by atoms with E-state index in [1.807, 2.05) is 6.07 Å². The molecule has 1 N–H and O–H groups in total. The molecule has 0 bridgehead atoms. The third-order valence-corrected chi connectivity index (χ3v) is 6.90. The molecule has 1 aromatic heterocycles. The van der Waals surface area contributed by atoms with Crippen molar-refractivity contribution >= 4 is 30.8 Å². The zero-order valence-corrected chi connectivity index (χ0v) is 20.0. The number of carbonyl (C=O) groups is 1. The summed E-state index contributed by atoms with van der Waals surface area (Å²) in [6.45, 7) is 5.39. The highest BCUT2D eigenvalue weighted by molar-refractivity contribution is 5.85. The quantitative estimate of drug-likeness (QED) is 0.661. The Morgan fingerprint density at radius 1 is 1.06 bits per heavy atom. The Bertz CT molecular complexity index is 860. The minimum atomic E-state index is -0.232. The van der Waals surface area contributed by atoms with Crippen molar-refractivity contribution in [2.24, 2.45) is 5.41 Å². The van der Waals surface area contributed by atoms with Gasteiger partial charge in [-0.2, -0.15) is 5.10 Å². The number of fused-ring (bicyclic) bond motifs is 1. The first kappa shape index (κ1) is 25.0. The zero-order valence-electron chi connectivity index (χ0n) is 18.4. The first-order valence-electron chi connectivity index (χ1n) is 11.3. The fourth-order valence-corrected chi connectivity index (χ4v) is 5.13. The number of nitrogens with zero attached hydrogens (tertiary/aromatic N) is 4. The molecule has 1 atom stereocenters.